The second-order valence-electron chi connectivity index (χ2n) is 7.30. The van der Waals surface area contributed by atoms with Gasteiger partial charge in [-0.2, -0.15) is 5.10 Å². The highest BCUT2D eigenvalue weighted by Gasteiger charge is 2.20. The van der Waals surface area contributed by atoms with Gasteiger partial charge in [0, 0.05) is 18.8 Å². The summed E-state index contributed by atoms with van der Waals surface area (Å²) in [7, 11) is 0. The van der Waals surface area contributed by atoms with Crippen molar-refractivity contribution in [3.8, 4) is 11.4 Å². The van der Waals surface area contributed by atoms with E-state index >= 15 is 0 Å². The molecule has 0 aliphatic rings. The summed E-state index contributed by atoms with van der Waals surface area (Å²) in [5, 5.41) is 4.31. The van der Waals surface area contributed by atoms with Crippen LogP contribution in [0.4, 0.5) is 4.39 Å². The van der Waals surface area contributed by atoms with Crippen LogP contribution in [-0.2, 0) is 13.1 Å². The average Bonchev–Trinajstić information content (AvgIpc) is 3.35. The maximum Gasteiger partial charge on any atom is 0.332 e. The van der Waals surface area contributed by atoms with E-state index in [1.165, 1.54) is 21.3 Å². The van der Waals surface area contributed by atoms with E-state index < -0.39 is 0 Å². The quantitative estimate of drug-likeness (QED) is 0.529. The predicted molar refractivity (Wildman–Crippen MR) is 112 cm³/mol. The van der Waals surface area contributed by atoms with Crippen LogP contribution in [0, 0.1) is 5.82 Å². The molecule has 0 spiro atoms. The number of halogens is 1. The van der Waals surface area contributed by atoms with Crippen molar-refractivity contribution in [2.75, 3.05) is 0 Å². The van der Waals surface area contributed by atoms with E-state index in [0.29, 0.717) is 42.1 Å². The van der Waals surface area contributed by atoms with Crippen LogP contribution in [0.2, 0.25) is 0 Å². The Balaban J connectivity index is 1.78. The Bertz CT molecular complexity index is 1330. The molecular formula is C21H23FN6O2. The van der Waals surface area contributed by atoms with E-state index in [1.54, 1.807) is 23.1 Å². The third kappa shape index (κ3) is 3.36. The number of nitrogens with one attached hydrogen (secondary N) is 1. The van der Waals surface area contributed by atoms with Crippen LogP contribution in [0.3, 0.4) is 0 Å². The molecule has 1 atom stereocenters. The standard InChI is InChI=1S/C21H23FN6O2/c1-4-13(3)28-20(29)17-19(27(5-2)21(28)30)25-18(24-17)15-10-23-26(12-15)11-14-7-6-8-16(22)9-14/h6-10,12-13H,4-5,11H2,1-3H3,(H,24,25). The highest BCUT2D eigenvalue weighted by atomic mass is 19.1. The Morgan fingerprint density at radius 2 is 2.03 bits per heavy atom. The molecule has 1 unspecified atom stereocenters. The first kappa shape index (κ1) is 19.8. The fourth-order valence-electron chi connectivity index (χ4n) is 3.52. The summed E-state index contributed by atoms with van der Waals surface area (Å²) in [6.45, 7) is 6.43. The lowest BCUT2D eigenvalue weighted by Crippen LogP contribution is -2.41. The minimum atomic E-state index is -0.375. The molecule has 9 heteroatoms. The van der Waals surface area contributed by atoms with Crippen molar-refractivity contribution >= 4 is 11.2 Å². The summed E-state index contributed by atoms with van der Waals surface area (Å²) >= 11 is 0. The Hall–Kier alpha value is -3.49. The van der Waals surface area contributed by atoms with Crippen molar-refractivity contribution in [2.45, 2.75) is 46.3 Å². The molecule has 0 aliphatic heterocycles. The van der Waals surface area contributed by atoms with Crippen LogP contribution in [0.15, 0.2) is 46.2 Å². The molecule has 3 aromatic heterocycles. The molecule has 4 rings (SSSR count). The van der Waals surface area contributed by atoms with E-state index in [-0.39, 0.29) is 23.1 Å². The van der Waals surface area contributed by atoms with Gasteiger partial charge in [0.1, 0.15) is 17.2 Å². The molecule has 8 nitrogen and oxygen atoms in total. The first-order valence-corrected chi connectivity index (χ1v) is 9.95. The van der Waals surface area contributed by atoms with Gasteiger partial charge in [0.15, 0.2) is 5.65 Å². The molecular weight excluding hydrogens is 387 g/mol. The number of aromatic nitrogens is 6. The molecule has 0 amide bonds. The monoisotopic (exact) mass is 410 g/mol. The topological polar surface area (TPSA) is 90.5 Å². The Labute approximate surface area is 171 Å². The van der Waals surface area contributed by atoms with Crippen LogP contribution in [0.5, 0.6) is 0 Å². The Kier molecular flexibility index (Phi) is 5.11. The van der Waals surface area contributed by atoms with Gasteiger partial charge >= 0.3 is 5.69 Å². The van der Waals surface area contributed by atoms with Crippen LogP contribution in [0.25, 0.3) is 22.6 Å². The van der Waals surface area contributed by atoms with Crippen LogP contribution in [0.1, 0.15) is 38.8 Å². The number of aryl methyl sites for hydroxylation is 1. The average molecular weight is 410 g/mol. The maximum absolute atomic E-state index is 13.4. The number of nitrogens with zero attached hydrogens (tertiary/aromatic N) is 5. The van der Waals surface area contributed by atoms with Gasteiger partial charge in [-0.1, -0.05) is 19.1 Å². The SMILES string of the molecule is CCC(C)n1c(=O)c2[nH]c(-c3cnn(Cc4cccc(F)c4)c3)nc2n(CC)c1=O. The van der Waals surface area contributed by atoms with Crippen molar-refractivity contribution < 1.29 is 4.39 Å². The summed E-state index contributed by atoms with van der Waals surface area (Å²) in [6, 6.07) is 6.11. The second kappa shape index (κ2) is 7.74. The number of imidazole rings is 1. The number of hydrogen-bond donors (Lipinski definition) is 1. The first-order valence-electron chi connectivity index (χ1n) is 9.95. The molecule has 0 fully saturated rings. The predicted octanol–water partition coefficient (Wildman–Crippen LogP) is 2.93. The van der Waals surface area contributed by atoms with Crippen molar-refractivity contribution in [1.82, 2.24) is 28.9 Å². The van der Waals surface area contributed by atoms with Crippen molar-refractivity contribution in [3.63, 3.8) is 0 Å². The zero-order valence-electron chi connectivity index (χ0n) is 17.1. The number of aromatic amines is 1. The molecule has 30 heavy (non-hydrogen) atoms. The molecule has 0 bridgehead atoms. The number of fused-ring (bicyclic) bond motifs is 1. The van der Waals surface area contributed by atoms with Gasteiger partial charge in [0.05, 0.1) is 18.3 Å². The molecule has 3 heterocycles. The smallest absolute Gasteiger partial charge is 0.332 e. The third-order valence-electron chi connectivity index (χ3n) is 5.30. The van der Waals surface area contributed by atoms with Gasteiger partial charge in [-0.3, -0.25) is 18.6 Å². The van der Waals surface area contributed by atoms with E-state index in [0.717, 1.165) is 5.56 Å². The number of rotatable bonds is 6. The fourth-order valence-corrected chi connectivity index (χ4v) is 3.52. The van der Waals surface area contributed by atoms with Crippen molar-refractivity contribution in [3.05, 3.63) is 68.9 Å². The largest absolute Gasteiger partial charge is 0.332 e. The van der Waals surface area contributed by atoms with Gasteiger partial charge in [-0.15, -0.1) is 0 Å². The van der Waals surface area contributed by atoms with Crippen LogP contribution >= 0.6 is 0 Å². The first-order chi connectivity index (χ1) is 14.4. The summed E-state index contributed by atoms with van der Waals surface area (Å²) in [5.74, 6) is 0.156. The number of hydrogen-bond acceptors (Lipinski definition) is 4. The van der Waals surface area contributed by atoms with E-state index in [2.05, 4.69) is 15.1 Å². The highest BCUT2D eigenvalue weighted by Crippen LogP contribution is 2.19. The maximum atomic E-state index is 13.4. The van der Waals surface area contributed by atoms with Crippen molar-refractivity contribution in [2.24, 2.45) is 0 Å². The fraction of sp³-hybridized carbons (Fsp3) is 0.333. The van der Waals surface area contributed by atoms with Crippen molar-refractivity contribution in [1.29, 1.82) is 0 Å². The molecule has 156 valence electrons. The van der Waals surface area contributed by atoms with E-state index in [4.69, 9.17) is 0 Å². The lowest BCUT2D eigenvalue weighted by Gasteiger charge is -2.14. The van der Waals surface area contributed by atoms with E-state index in [1.807, 2.05) is 26.8 Å². The molecule has 0 saturated carbocycles. The molecule has 0 radical (unpaired) electrons. The Morgan fingerprint density at radius 3 is 2.73 bits per heavy atom. The van der Waals surface area contributed by atoms with Crippen LogP contribution < -0.4 is 11.2 Å². The lowest BCUT2D eigenvalue weighted by atomic mass is 10.2. The zero-order chi connectivity index (χ0) is 21.4. The normalized spacial score (nSPS) is 12.5. The highest BCUT2D eigenvalue weighted by molar-refractivity contribution is 5.75. The lowest BCUT2D eigenvalue weighted by molar-refractivity contribution is 0.473. The van der Waals surface area contributed by atoms with Gasteiger partial charge in [-0.05, 0) is 38.0 Å². The van der Waals surface area contributed by atoms with E-state index in [9.17, 15) is 14.0 Å². The molecule has 1 aromatic carbocycles. The number of benzene rings is 1. The summed E-state index contributed by atoms with van der Waals surface area (Å²) in [4.78, 5) is 33.4. The summed E-state index contributed by atoms with van der Waals surface area (Å²) in [6.07, 6.45) is 4.06. The Morgan fingerprint density at radius 1 is 1.23 bits per heavy atom. The minimum absolute atomic E-state index is 0.215. The van der Waals surface area contributed by atoms with Gasteiger partial charge < -0.3 is 4.98 Å². The minimum Gasteiger partial charge on any atom is -0.332 e. The molecule has 4 aromatic rings. The summed E-state index contributed by atoms with van der Waals surface area (Å²) < 4.78 is 17.9. The third-order valence-corrected chi connectivity index (χ3v) is 5.30. The molecule has 0 saturated heterocycles. The van der Waals surface area contributed by atoms with Gasteiger partial charge in [-0.25, -0.2) is 14.2 Å². The number of H-pyrrole nitrogens is 1. The second-order valence-corrected chi connectivity index (χ2v) is 7.30. The summed E-state index contributed by atoms with van der Waals surface area (Å²) in [5.41, 5.74) is 1.35. The van der Waals surface area contributed by atoms with Gasteiger partial charge in [0.25, 0.3) is 5.56 Å². The molecule has 0 aliphatic carbocycles. The van der Waals surface area contributed by atoms with Gasteiger partial charge in [0.2, 0.25) is 0 Å². The zero-order valence-corrected chi connectivity index (χ0v) is 17.1. The van der Waals surface area contributed by atoms with Crippen LogP contribution in [-0.4, -0.2) is 28.9 Å². The molecule has 1 N–H and O–H groups in total.